The fourth-order valence-corrected chi connectivity index (χ4v) is 3.13. The molecule has 0 aliphatic rings. The SMILES string of the molecule is Cc1ccc(-c2nc(CC(=O)N(C)CCC(N)C(C)C)cs2)cc1. The summed E-state index contributed by atoms with van der Waals surface area (Å²) >= 11 is 1.58. The lowest BCUT2D eigenvalue weighted by molar-refractivity contribution is -0.129. The van der Waals surface area contributed by atoms with Gasteiger partial charge in [-0.25, -0.2) is 4.98 Å². The molecule has 24 heavy (non-hydrogen) atoms. The molecule has 0 bridgehead atoms. The minimum absolute atomic E-state index is 0.0895. The predicted octanol–water partition coefficient (Wildman–Crippen LogP) is 3.49. The zero-order chi connectivity index (χ0) is 17.7. The fourth-order valence-electron chi connectivity index (χ4n) is 2.31. The van der Waals surface area contributed by atoms with Crippen molar-refractivity contribution in [1.82, 2.24) is 9.88 Å². The largest absolute Gasteiger partial charge is 0.345 e. The zero-order valence-corrected chi connectivity index (χ0v) is 15.8. The molecular weight excluding hydrogens is 318 g/mol. The average Bonchev–Trinajstić information content (AvgIpc) is 3.01. The molecule has 0 fully saturated rings. The third kappa shape index (κ3) is 5.14. The third-order valence-electron chi connectivity index (χ3n) is 4.26. The Hall–Kier alpha value is -1.72. The molecule has 2 N–H and O–H groups in total. The topological polar surface area (TPSA) is 59.2 Å². The van der Waals surface area contributed by atoms with E-state index in [0.717, 1.165) is 22.7 Å². The lowest BCUT2D eigenvalue weighted by atomic mass is 10.0. The minimum Gasteiger partial charge on any atom is -0.345 e. The van der Waals surface area contributed by atoms with Crippen LogP contribution in [-0.2, 0) is 11.2 Å². The van der Waals surface area contributed by atoms with Gasteiger partial charge in [-0.15, -0.1) is 11.3 Å². The predicted molar refractivity (Wildman–Crippen MR) is 101 cm³/mol. The van der Waals surface area contributed by atoms with Crippen molar-refractivity contribution >= 4 is 17.2 Å². The van der Waals surface area contributed by atoms with E-state index in [9.17, 15) is 4.79 Å². The molecule has 130 valence electrons. The van der Waals surface area contributed by atoms with Crippen molar-refractivity contribution in [3.63, 3.8) is 0 Å². The Balaban J connectivity index is 1.91. The Labute approximate surface area is 148 Å². The smallest absolute Gasteiger partial charge is 0.228 e. The summed E-state index contributed by atoms with van der Waals surface area (Å²) in [6.45, 7) is 6.96. The van der Waals surface area contributed by atoms with Crippen molar-refractivity contribution in [3.05, 3.63) is 40.9 Å². The van der Waals surface area contributed by atoms with E-state index < -0.39 is 0 Å². The van der Waals surface area contributed by atoms with Crippen LogP contribution in [0.25, 0.3) is 10.6 Å². The van der Waals surface area contributed by atoms with Crippen LogP contribution in [0.2, 0.25) is 0 Å². The van der Waals surface area contributed by atoms with Crippen molar-refractivity contribution in [2.45, 2.75) is 39.7 Å². The van der Waals surface area contributed by atoms with Crippen LogP contribution in [0.3, 0.4) is 0 Å². The van der Waals surface area contributed by atoms with Crippen LogP contribution in [-0.4, -0.2) is 35.4 Å². The van der Waals surface area contributed by atoms with Gasteiger partial charge < -0.3 is 10.6 Å². The number of aryl methyl sites for hydroxylation is 1. The number of benzene rings is 1. The van der Waals surface area contributed by atoms with Gasteiger partial charge >= 0.3 is 0 Å². The van der Waals surface area contributed by atoms with Crippen LogP contribution < -0.4 is 5.73 Å². The Kier molecular flexibility index (Phi) is 6.52. The summed E-state index contributed by atoms with van der Waals surface area (Å²) in [7, 11) is 1.84. The van der Waals surface area contributed by atoms with Gasteiger partial charge in [-0.3, -0.25) is 4.79 Å². The highest BCUT2D eigenvalue weighted by Crippen LogP contribution is 2.24. The number of carbonyl (C=O) groups excluding carboxylic acids is 1. The molecule has 1 unspecified atom stereocenters. The highest BCUT2D eigenvalue weighted by molar-refractivity contribution is 7.13. The van der Waals surface area contributed by atoms with E-state index in [1.165, 1.54) is 5.56 Å². The summed E-state index contributed by atoms with van der Waals surface area (Å²) in [5.41, 5.74) is 9.21. The molecule has 2 rings (SSSR count). The summed E-state index contributed by atoms with van der Waals surface area (Å²) < 4.78 is 0. The normalized spacial score (nSPS) is 12.4. The standard InChI is InChI=1S/C19H27N3OS/c1-13(2)17(20)9-10-22(4)18(23)11-16-12-24-19(21-16)15-7-5-14(3)6-8-15/h5-8,12-13,17H,9-11,20H2,1-4H3. The van der Waals surface area contributed by atoms with Gasteiger partial charge in [0.15, 0.2) is 0 Å². The number of likely N-dealkylation sites (N-methyl/N-ethyl adjacent to an activating group) is 1. The van der Waals surface area contributed by atoms with E-state index in [-0.39, 0.29) is 11.9 Å². The molecule has 5 heteroatoms. The van der Waals surface area contributed by atoms with Gasteiger partial charge in [-0.1, -0.05) is 43.7 Å². The molecule has 1 heterocycles. The molecule has 2 aromatic rings. The lowest BCUT2D eigenvalue weighted by Gasteiger charge is -2.21. The third-order valence-corrected chi connectivity index (χ3v) is 5.20. The number of nitrogens with zero attached hydrogens (tertiary/aromatic N) is 2. The first-order valence-corrected chi connectivity index (χ1v) is 9.25. The summed E-state index contributed by atoms with van der Waals surface area (Å²) in [6, 6.07) is 8.42. The van der Waals surface area contributed by atoms with Crippen molar-refractivity contribution in [2.75, 3.05) is 13.6 Å². The number of carbonyl (C=O) groups is 1. The van der Waals surface area contributed by atoms with Gasteiger partial charge in [-0.05, 0) is 19.3 Å². The molecule has 0 saturated carbocycles. The van der Waals surface area contributed by atoms with Gasteiger partial charge in [0.2, 0.25) is 5.91 Å². The lowest BCUT2D eigenvalue weighted by Crippen LogP contribution is -2.35. The molecule has 0 aliphatic heterocycles. The second kappa shape index (κ2) is 8.40. The second-order valence-electron chi connectivity index (χ2n) is 6.70. The molecule has 0 radical (unpaired) electrons. The van der Waals surface area contributed by atoms with E-state index in [2.05, 4.69) is 50.0 Å². The fraction of sp³-hybridized carbons (Fsp3) is 0.474. The van der Waals surface area contributed by atoms with Crippen LogP contribution in [0.4, 0.5) is 0 Å². The second-order valence-corrected chi connectivity index (χ2v) is 7.56. The van der Waals surface area contributed by atoms with Gasteiger partial charge in [0.1, 0.15) is 5.01 Å². The van der Waals surface area contributed by atoms with Crippen molar-refractivity contribution in [1.29, 1.82) is 0 Å². The number of amides is 1. The molecule has 1 aromatic heterocycles. The monoisotopic (exact) mass is 345 g/mol. The van der Waals surface area contributed by atoms with E-state index in [1.807, 2.05) is 12.4 Å². The van der Waals surface area contributed by atoms with Crippen LogP contribution in [0.15, 0.2) is 29.6 Å². The highest BCUT2D eigenvalue weighted by Gasteiger charge is 2.15. The molecule has 1 aromatic carbocycles. The number of aromatic nitrogens is 1. The number of thiazole rings is 1. The van der Waals surface area contributed by atoms with Crippen LogP contribution in [0.5, 0.6) is 0 Å². The van der Waals surface area contributed by atoms with Crippen LogP contribution in [0.1, 0.15) is 31.5 Å². The van der Waals surface area contributed by atoms with Crippen molar-refractivity contribution in [2.24, 2.45) is 11.7 Å². The summed E-state index contributed by atoms with van der Waals surface area (Å²) in [5.74, 6) is 0.524. The minimum atomic E-state index is 0.0895. The van der Waals surface area contributed by atoms with Gasteiger partial charge in [-0.2, -0.15) is 0 Å². The Morgan fingerprint density at radius 2 is 1.96 bits per heavy atom. The summed E-state index contributed by atoms with van der Waals surface area (Å²) in [5, 5.41) is 2.93. The van der Waals surface area contributed by atoms with Crippen molar-refractivity contribution in [3.8, 4) is 10.6 Å². The van der Waals surface area contributed by atoms with Gasteiger partial charge in [0, 0.05) is 30.6 Å². The first kappa shape index (κ1) is 18.6. The summed E-state index contributed by atoms with van der Waals surface area (Å²) in [6.07, 6.45) is 1.17. The average molecular weight is 346 g/mol. The van der Waals surface area contributed by atoms with E-state index in [4.69, 9.17) is 5.73 Å². The molecule has 0 spiro atoms. The van der Waals surface area contributed by atoms with Crippen LogP contribution >= 0.6 is 11.3 Å². The Morgan fingerprint density at radius 3 is 2.58 bits per heavy atom. The maximum absolute atomic E-state index is 12.3. The number of hydrogen-bond acceptors (Lipinski definition) is 4. The van der Waals surface area contributed by atoms with Gasteiger partial charge in [0.05, 0.1) is 12.1 Å². The maximum Gasteiger partial charge on any atom is 0.228 e. The Bertz CT molecular complexity index is 664. The first-order valence-electron chi connectivity index (χ1n) is 8.37. The van der Waals surface area contributed by atoms with E-state index in [0.29, 0.717) is 18.9 Å². The number of hydrogen-bond donors (Lipinski definition) is 1. The highest BCUT2D eigenvalue weighted by atomic mass is 32.1. The maximum atomic E-state index is 12.3. The van der Waals surface area contributed by atoms with Gasteiger partial charge in [0.25, 0.3) is 0 Å². The molecule has 1 atom stereocenters. The molecule has 1 amide bonds. The van der Waals surface area contributed by atoms with Crippen molar-refractivity contribution < 1.29 is 4.79 Å². The first-order chi connectivity index (χ1) is 11.4. The van der Waals surface area contributed by atoms with E-state index >= 15 is 0 Å². The summed E-state index contributed by atoms with van der Waals surface area (Å²) in [4.78, 5) is 18.7. The molecule has 0 aliphatic carbocycles. The number of nitrogens with two attached hydrogens (primary N) is 1. The Morgan fingerprint density at radius 1 is 1.29 bits per heavy atom. The van der Waals surface area contributed by atoms with E-state index in [1.54, 1.807) is 16.2 Å². The number of rotatable bonds is 7. The zero-order valence-electron chi connectivity index (χ0n) is 15.0. The molecular formula is C19H27N3OS. The quantitative estimate of drug-likeness (QED) is 0.835. The molecule has 0 saturated heterocycles. The van der Waals surface area contributed by atoms with Crippen LogP contribution in [0, 0.1) is 12.8 Å². The molecule has 4 nitrogen and oxygen atoms in total.